The highest BCUT2D eigenvalue weighted by Gasteiger charge is 2.71. The zero-order valence-corrected chi connectivity index (χ0v) is 21.0. The number of aliphatic hydroxyl groups is 3. The molecule has 194 valence electrons. The average Bonchev–Trinajstić information content (AvgIpc) is 3.40. The Balaban J connectivity index is 1.35. The number of carbonyl (C=O) groups is 1. The molecule has 6 rings (SSSR count). The molecule has 1 aromatic carbocycles. The van der Waals surface area contributed by atoms with Gasteiger partial charge in [0, 0.05) is 29.5 Å². The molecule has 7 heteroatoms. The fourth-order valence-electron chi connectivity index (χ4n) is 9.10. The Morgan fingerprint density at radius 2 is 1.81 bits per heavy atom. The van der Waals surface area contributed by atoms with Crippen LogP contribution in [0.4, 0.5) is 5.69 Å². The fraction of sp³-hybridized carbons (Fsp3) is 0.655. The predicted molar refractivity (Wildman–Crippen MR) is 136 cm³/mol. The number of anilines is 1. The highest BCUT2D eigenvalue weighted by atomic mass is 16.5. The van der Waals surface area contributed by atoms with Gasteiger partial charge in [-0.2, -0.15) is 5.10 Å². The van der Waals surface area contributed by atoms with E-state index in [0.717, 1.165) is 36.9 Å². The van der Waals surface area contributed by atoms with E-state index in [4.69, 9.17) is 4.74 Å². The van der Waals surface area contributed by atoms with Crippen LogP contribution in [0.15, 0.2) is 47.1 Å². The quantitative estimate of drug-likeness (QED) is 0.288. The molecule has 4 N–H and O–H groups in total. The molecule has 8 atom stereocenters. The maximum atomic E-state index is 12.5. The number of carbonyl (C=O) groups excluding carboxylic acids is 1. The number of nitrogens with zero attached hydrogens (tertiary/aromatic N) is 1. The number of benzene rings is 1. The molecule has 7 nitrogen and oxygen atoms in total. The third-order valence-electron chi connectivity index (χ3n) is 10.9. The number of hydrogen-bond acceptors (Lipinski definition) is 7. The minimum absolute atomic E-state index is 0.0265. The Morgan fingerprint density at radius 1 is 1.03 bits per heavy atom. The molecule has 5 aliphatic rings. The summed E-state index contributed by atoms with van der Waals surface area (Å²) in [6.07, 6.45) is 9.15. The van der Waals surface area contributed by atoms with Crippen LogP contribution in [0.25, 0.3) is 0 Å². The summed E-state index contributed by atoms with van der Waals surface area (Å²) in [4.78, 5) is 11.8. The third-order valence-corrected chi connectivity index (χ3v) is 10.9. The Labute approximate surface area is 212 Å². The van der Waals surface area contributed by atoms with Crippen LogP contribution in [-0.4, -0.2) is 51.4 Å². The standard InChI is InChI=1S/C29H38N2O5/c1-26-11-8-23-24(29(26,35)14-10-22(26)19-15-25(33)36-17-19)9-13-28(34)16-21(32)7-12-27(23,28)18-30-31-20-5-3-2-4-6-20/h2-6,15,18,21-24,31-32,34-35H,7-14,16-17H2,1H3/t21-,22+,23?,24?,26+,27-,28-,29-/m0/s1. The summed E-state index contributed by atoms with van der Waals surface area (Å²) in [7, 11) is 0. The maximum absolute atomic E-state index is 12.5. The van der Waals surface area contributed by atoms with Gasteiger partial charge in [-0.3, -0.25) is 5.43 Å². The number of aliphatic hydroxyl groups excluding tert-OH is 1. The number of esters is 1. The Morgan fingerprint density at radius 3 is 2.56 bits per heavy atom. The smallest absolute Gasteiger partial charge is 0.331 e. The number of hydrazone groups is 1. The van der Waals surface area contributed by atoms with Gasteiger partial charge in [0.05, 0.1) is 23.0 Å². The second-order valence-electron chi connectivity index (χ2n) is 12.3. The van der Waals surface area contributed by atoms with Gasteiger partial charge in [-0.25, -0.2) is 4.79 Å². The molecular formula is C29H38N2O5. The Hall–Kier alpha value is -2.22. The predicted octanol–water partition coefficient (Wildman–Crippen LogP) is 3.80. The molecule has 4 aliphatic carbocycles. The van der Waals surface area contributed by atoms with Gasteiger partial charge >= 0.3 is 5.97 Å². The first-order chi connectivity index (χ1) is 17.2. The zero-order chi connectivity index (χ0) is 25.2. The second kappa shape index (κ2) is 8.40. The Kier molecular flexibility index (Phi) is 5.63. The largest absolute Gasteiger partial charge is 0.458 e. The zero-order valence-electron chi connectivity index (χ0n) is 21.0. The maximum Gasteiger partial charge on any atom is 0.331 e. The molecule has 0 amide bonds. The van der Waals surface area contributed by atoms with Gasteiger partial charge in [-0.15, -0.1) is 0 Å². The summed E-state index contributed by atoms with van der Waals surface area (Å²) in [6.45, 7) is 2.54. The molecule has 1 aliphatic heterocycles. The van der Waals surface area contributed by atoms with Crippen molar-refractivity contribution >= 4 is 17.9 Å². The van der Waals surface area contributed by atoms with Crippen LogP contribution < -0.4 is 5.43 Å². The topological polar surface area (TPSA) is 111 Å². The second-order valence-corrected chi connectivity index (χ2v) is 12.3. The molecule has 0 radical (unpaired) electrons. The Bertz CT molecular complexity index is 1090. The van der Waals surface area contributed by atoms with E-state index in [2.05, 4.69) is 17.5 Å². The number of fused-ring (bicyclic) bond motifs is 5. The highest BCUT2D eigenvalue weighted by molar-refractivity contribution is 5.85. The fourth-order valence-corrected chi connectivity index (χ4v) is 9.10. The van der Waals surface area contributed by atoms with Crippen molar-refractivity contribution in [3.05, 3.63) is 42.0 Å². The lowest BCUT2D eigenvalue weighted by molar-refractivity contribution is -0.237. The lowest BCUT2D eigenvalue weighted by Gasteiger charge is -2.65. The molecule has 4 fully saturated rings. The minimum atomic E-state index is -1.05. The monoisotopic (exact) mass is 494 g/mol. The van der Waals surface area contributed by atoms with Gasteiger partial charge in [-0.1, -0.05) is 25.1 Å². The normalized spacial score (nSPS) is 46.0. The summed E-state index contributed by atoms with van der Waals surface area (Å²) < 4.78 is 5.24. The summed E-state index contributed by atoms with van der Waals surface area (Å²) in [6, 6.07) is 9.77. The van der Waals surface area contributed by atoms with E-state index in [0.29, 0.717) is 38.7 Å². The van der Waals surface area contributed by atoms with Crippen molar-refractivity contribution in [1.82, 2.24) is 0 Å². The van der Waals surface area contributed by atoms with Crippen LogP contribution >= 0.6 is 0 Å². The number of ether oxygens (including phenoxy) is 1. The summed E-state index contributed by atoms with van der Waals surface area (Å²) >= 11 is 0. The van der Waals surface area contributed by atoms with Crippen LogP contribution in [0.3, 0.4) is 0 Å². The minimum Gasteiger partial charge on any atom is -0.458 e. The van der Waals surface area contributed by atoms with E-state index in [1.807, 2.05) is 36.5 Å². The first kappa shape index (κ1) is 24.1. The molecule has 0 bridgehead atoms. The van der Waals surface area contributed by atoms with Crippen LogP contribution in [0, 0.1) is 28.6 Å². The van der Waals surface area contributed by atoms with E-state index in [9.17, 15) is 20.1 Å². The molecule has 1 aromatic rings. The molecule has 0 spiro atoms. The van der Waals surface area contributed by atoms with Crippen molar-refractivity contribution in [3.63, 3.8) is 0 Å². The van der Waals surface area contributed by atoms with E-state index < -0.39 is 22.7 Å². The van der Waals surface area contributed by atoms with Crippen molar-refractivity contribution in [1.29, 1.82) is 0 Å². The summed E-state index contributed by atoms with van der Waals surface area (Å²) in [5.41, 5.74) is 2.16. The van der Waals surface area contributed by atoms with Gasteiger partial charge in [0.15, 0.2) is 0 Å². The van der Waals surface area contributed by atoms with Gasteiger partial charge in [0.2, 0.25) is 0 Å². The number of rotatable bonds is 4. The van der Waals surface area contributed by atoms with Crippen LogP contribution in [0.1, 0.15) is 64.7 Å². The molecule has 0 saturated heterocycles. The van der Waals surface area contributed by atoms with Gasteiger partial charge in [0.25, 0.3) is 0 Å². The van der Waals surface area contributed by atoms with Gasteiger partial charge in [-0.05, 0) is 86.8 Å². The highest BCUT2D eigenvalue weighted by Crippen LogP contribution is 2.70. The third kappa shape index (κ3) is 3.35. The molecule has 1 heterocycles. The van der Waals surface area contributed by atoms with Crippen molar-refractivity contribution in [3.8, 4) is 0 Å². The van der Waals surface area contributed by atoms with Gasteiger partial charge in [0.1, 0.15) is 6.61 Å². The van der Waals surface area contributed by atoms with Crippen molar-refractivity contribution in [2.75, 3.05) is 12.0 Å². The SMILES string of the molecule is C[C@]12CCC3C(CC[C@]4(O)C[C@@H](O)CC[C@]34C=NNc3ccccc3)[C@@]1(O)CC[C@@H]2C1=CC(=O)OC1. The lowest BCUT2D eigenvalue weighted by atomic mass is 9.41. The average molecular weight is 495 g/mol. The summed E-state index contributed by atoms with van der Waals surface area (Å²) in [5.74, 6) is -0.0496. The van der Waals surface area contributed by atoms with Crippen molar-refractivity contribution < 1.29 is 24.9 Å². The first-order valence-electron chi connectivity index (χ1n) is 13.6. The molecule has 36 heavy (non-hydrogen) atoms. The van der Waals surface area contributed by atoms with Crippen molar-refractivity contribution in [2.24, 2.45) is 33.7 Å². The summed E-state index contributed by atoms with van der Waals surface area (Å²) in [5, 5.41) is 39.7. The van der Waals surface area contributed by atoms with Gasteiger partial charge < -0.3 is 20.1 Å². The number of hydrogen-bond donors (Lipinski definition) is 4. The molecule has 0 aromatic heterocycles. The van der Waals surface area contributed by atoms with E-state index in [1.54, 1.807) is 6.08 Å². The number of para-hydroxylation sites is 1. The van der Waals surface area contributed by atoms with E-state index >= 15 is 0 Å². The lowest BCUT2D eigenvalue weighted by Crippen LogP contribution is -2.68. The first-order valence-corrected chi connectivity index (χ1v) is 13.6. The number of cyclic esters (lactones) is 1. The van der Waals surface area contributed by atoms with Crippen LogP contribution in [0.2, 0.25) is 0 Å². The van der Waals surface area contributed by atoms with E-state index in [1.165, 1.54) is 0 Å². The molecular weight excluding hydrogens is 456 g/mol. The molecule has 4 saturated carbocycles. The van der Waals surface area contributed by atoms with Crippen LogP contribution in [-0.2, 0) is 9.53 Å². The number of nitrogens with one attached hydrogen (secondary N) is 1. The van der Waals surface area contributed by atoms with Crippen LogP contribution in [0.5, 0.6) is 0 Å². The van der Waals surface area contributed by atoms with E-state index in [-0.39, 0.29) is 29.1 Å². The van der Waals surface area contributed by atoms with Crippen molar-refractivity contribution in [2.45, 2.75) is 82.0 Å². The molecule has 2 unspecified atom stereocenters.